The van der Waals surface area contributed by atoms with Crippen molar-refractivity contribution in [1.82, 2.24) is 9.78 Å². The van der Waals surface area contributed by atoms with Gasteiger partial charge in [-0.3, -0.25) is 4.68 Å². The Morgan fingerprint density at radius 1 is 1.22 bits per heavy atom. The van der Waals surface area contributed by atoms with Gasteiger partial charge in [-0.25, -0.2) is 4.39 Å². The minimum atomic E-state index is -0.434. The number of nitrogens with two attached hydrogens (primary N) is 1. The lowest BCUT2D eigenvalue weighted by atomic mass is 10.1. The van der Waals surface area contributed by atoms with Crippen LogP contribution in [-0.2, 0) is 7.05 Å². The molecular weight excluding hydrogens is 237 g/mol. The summed E-state index contributed by atoms with van der Waals surface area (Å²) in [5, 5.41) is 4.07. The molecule has 0 spiro atoms. The van der Waals surface area contributed by atoms with Crippen molar-refractivity contribution < 1.29 is 13.9 Å². The number of ether oxygens (including phenoxy) is 2. The van der Waals surface area contributed by atoms with E-state index in [4.69, 9.17) is 15.2 Å². The number of hydrogen-bond donors (Lipinski definition) is 1. The molecular formula is C12H12FN3O2. The van der Waals surface area contributed by atoms with Gasteiger partial charge in [-0.2, -0.15) is 5.10 Å². The van der Waals surface area contributed by atoms with Crippen LogP contribution in [0.15, 0.2) is 18.3 Å². The van der Waals surface area contributed by atoms with Crippen LogP contribution >= 0.6 is 0 Å². The van der Waals surface area contributed by atoms with E-state index in [-0.39, 0.29) is 5.75 Å². The van der Waals surface area contributed by atoms with Gasteiger partial charge in [0.25, 0.3) is 0 Å². The number of hydrogen-bond acceptors (Lipinski definition) is 4. The van der Waals surface area contributed by atoms with Crippen molar-refractivity contribution >= 4 is 5.82 Å². The van der Waals surface area contributed by atoms with Crippen molar-refractivity contribution in [2.45, 2.75) is 0 Å². The van der Waals surface area contributed by atoms with Crippen LogP contribution in [0.5, 0.6) is 11.5 Å². The second-order valence-corrected chi connectivity index (χ2v) is 4.02. The summed E-state index contributed by atoms with van der Waals surface area (Å²) in [4.78, 5) is 0. The lowest BCUT2D eigenvalue weighted by Gasteiger charge is -2.21. The molecule has 0 amide bonds. The number of anilines is 1. The van der Waals surface area contributed by atoms with Crippen LogP contribution < -0.4 is 15.2 Å². The van der Waals surface area contributed by atoms with Crippen LogP contribution in [0, 0.1) is 5.82 Å². The molecule has 2 N–H and O–H groups in total. The van der Waals surface area contributed by atoms with E-state index in [0.29, 0.717) is 35.9 Å². The molecule has 1 aromatic carbocycles. The van der Waals surface area contributed by atoms with E-state index in [9.17, 15) is 4.39 Å². The Morgan fingerprint density at radius 2 is 1.94 bits per heavy atom. The van der Waals surface area contributed by atoms with E-state index < -0.39 is 5.82 Å². The Hall–Kier alpha value is -2.24. The van der Waals surface area contributed by atoms with Gasteiger partial charge in [0.2, 0.25) is 0 Å². The zero-order valence-corrected chi connectivity index (χ0v) is 9.81. The SMILES string of the molecule is Cn1ncc(-c2ccc(F)c3c2OCCO3)c1N. The zero-order valence-electron chi connectivity index (χ0n) is 9.81. The van der Waals surface area contributed by atoms with E-state index in [0.717, 1.165) is 0 Å². The summed E-state index contributed by atoms with van der Waals surface area (Å²) in [6, 6.07) is 2.96. The van der Waals surface area contributed by atoms with Gasteiger partial charge >= 0.3 is 0 Å². The topological polar surface area (TPSA) is 62.3 Å². The molecule has 1 aromatic heterocycles. The molecule has 1 aliphatic heterocycles. The zero-order chi connectivity index (χ0) is 12.7. The Morgan fingerprint density at radius 3 is 2.61 bits per heavy atom. The summed E-state index contributed by atoms with van der Waals surface area (Å²) < 4.78 is 26.0. The Bertz CT molecular complexity index is 610. The summed E-state index contributed by atoms with van der Waals surface area (Å²) in [6.07, 6.45) is 1.63. The largest absolute Gasteiger partial charge is 0.485 e. The van der Waals surface area contributed by atoms with Crippen molar-refractivity contribution in [1.29, 1.82) is 0 Å². The summed E-state index contributed by atoms with van der Waals surface area (Å²) in [7, 11) is 1.74. The van der Waals surface area contributed by atoms with Crippen molar-refractivity contribution in [3.63, 3.8) is 0 Å². The van der Waals surface area contributed by atoms with Gasteiger partial charge in [-0.15, -0.1) is 0 Å². The number of fused-ring (bicyclic) bond motifs is 1. The third-order valence-electron chi connectivity index (χ3n) is 2.92. The Balaban J connectivity index is 2.21. The van der Waals surface area contributed by atoms with Gasteiger partial charge in [0.05, 0.1) is 6.20 Å². The fraction of sp³-hybridized carbons (Fsp3) is 0.250. The highest BCUT2D eigenvalue weighted by Crippen LogP contribution is 2.43. The molecule has 0 radical (unpaired) electrons. The minimum Gasteiger partial charge on any atom is -0.485 e. The van der Waals surface area contributed by atoms with Gasteiger partial charge in [0, 0.05) is 18.2 Å². The maximum atomic E-state index is 13.6. The summed E-state index contributed by atoms with van der Waals surface area (Å²) in [6.45, 7) is 0.736. The summed E-state index contributed by atoms with van der Waals surface area (Å²) in [5.74, 6) is 0.594. The number of halogens is 1. The molecule has 94 valence electrons. The number of aromatic nitrogens is 2. The van der Waals surface area contributed by atoms with E-state index in [2.05, 4.69) is 5.10 Å². The highest BCUT2D eigenvalue weighted by Gasteiger charge is 2.23. The molecule has 0 fully saturated rings. The van der Waals surface area contributed by atoms with Gasteiger partial charge in [0.1, 0.15) is 19.0 Å². The van der Waals surface area contributed by atoms with Crippen molar-refractivity contribution in [3.8, 4) is 22.6 Å². The Kier molecular flexibility index (Phi) is 2.36. The lowest BCUT2D eigenvalue weighted by molar-refractivity contribution is 0.165. The number of rotatable bonds is 1. The van der Waals surface area contributed by atoms with Crippen LogP contribution in [0.3, 0.4) is 0 Å². The quantitative estimate of drug-likeness (QED) is 0.833. The first-order valence-corrected chi connectivity index (χ1v) is 5.54. The van der Waals surface area contributed by atoms with E-state index in [1.165, 1.54) is 6.07 Å². The summed E-state index contributed by atoms with van der Waals surface area (Å²) >= 11 is 0. The highest BCUT2D eigenvalue weighted by molar-refractivity contribution is 5.80. The first-order chi connectivity index (χ1) is 8.68. The molecule has 0 saturated heterocycles. The number of benzene rings is 1. The van der Waals surface area contributed by atoms with Crippen LogP contribution in [0.25, 0.3) is 11.1 Å². The third kappa shape index (κ3) is 1.49. The van der Waals surface area contributed by atoms with Crippen LogP contribution in [0.4, 0.5) is 10.2 Å². The molecule has 6 heteroatoms. The smallest absolute Gasteiger partial charge is 0.197 e. The number of nitrogen functional groups attached to an aromatic ring is 1. The van der Waals surface area contributed by atoms with Crippen molar-refractivity contribution in [3.05, 3.63) is 24.1 Å². The second-order valence-electron chi connectivity index (χ2n) is 4.02. The van der Waals surface area contributed by atoms with E-state index in [1.54, 1.807) is 24.0 Å². The maximum absolute atomic E-state index is 13.6. The van der Waals surface area contributed by atoms with Crippen LogP contribution in [-0.4, -0.2) is 23.0 Å². The number of nitrogens with zero attached hydrogens (tertiary/aromatic N) is 2. The molecule has 0 aliphatic carbocycles. The van der Waals surface area contributed by atoms with Crippen LogP contribution in [0.1, 0.15) is 0 Å². The molecule has 1 aliphatic rings. The maximum Gasteiger partial charge on any atom is 0.197 e. The van der Waals surface area contributed by atoms with Gasteiger partial charge in [-0.05, 0) is 12.1 Å². The first kappa shape index (κ1) is 10.9. The average Bonchev–Trinajstić information content (AvgIpc) is 2.71. The fourth-order valence-corrected chi connectivity index (χ4v) is 1.97. The molecule has 0 saturated carbocycles. The average molecular weight is 249 g/mol. The van der Waals surface area contributed by atoms with Crippen molar-refractivity contribution in [2.75, 3.05) is 18.9 Å². The normalized spacial score (nSPS) is 13.7. The standard InChI is InChI=1S/C12H12FN3O2/c1-16-12(14)8(6-15-16)7-2-3-9(13)11-10(7)17-4-5-18-11/h2-3,6H,4-5,14H2,1H3. The molecule has 0 unspecified atom stereocenters. The van der Waals surface area contributed by atoms with Gasteiger partial charge in [-0.1, -0.05) is 0 Å². The highest BCUT2D eigenvalue weighted by atomic mass is 19.1. The molecule has 0 bridgehead atoms. The minimum absolute atomic E-state index is 0.141. The molecule has 3 rings (SSSR count). The van der Waals surface area contributed by atoms with Crippen molar-refractivity contribution in [2.24, 2.45) is 7.05 Å². The number of aryl methyl sites for hydroxylation is 1. The van der Waals surface area contributed by atoms with Crippen LogP contribution in [0.2, 0.25) is 0 Å². The van der Waals surface area contributed by atoms with Gasteiger partial charge in [0.15, 0.2) is 17.3 Å². The molecule has 0 atom stereocenters. The van der Waals surface area contributed by atoms with E-state index in [1.807, 2.05) is 0 Å². The molecule has 18 heavy (non-hydrogen) atoms. The second kappa shape index (κ2) is 3.90. The Labute approximate surface area is 103 Å². The predicted molar refractivity (Wildman–Crippen MR) is 64.0 cm³/mol. The first-order valence-electron chi connectivity index (χ1n) is 5.54. The molecule has 2 heterocycles. The monoisotopic (exact) mass is 249 g/mol. The fourth-order valence-electron chi connectivity index (χ4n) is 1.97. The third-order valence-corrected chi connectivity index (χ3v) is 2.92. The molecule has 2 aromatic rings. The predicted octanol–water partition coefficient (Wildman–Crippen LogP) is 1.58. The summed E-state index contributed by atoms with van der Waals surface area (Å²) in [5.41, 5.74) is 7.32. The molecule has 5 nitrogen and oxygen atoms in total. The lowest BCUT2D eigenvalue weighted by Crippen LogP contribution is -2.17. The van der Waals surface area contributed by atoms with E-state index >= 15 is 0 Å². The van der Waals surface area contributed by atoms with Gasteiger partial charge < -0.3 is 15.2 Å².